The van der Waals surface area contributed by atoms with E-state index in [0.29, 0.717) is 5.69 Å². The minimum absolute atomic E-state index is 0.0440. The highest BCUT2D eigenvalue weighted by Crippen LogP contribution is 2.34. The Hall–Kier alpha value is -2.20. The zero-order valence-corrected chi connectivity index (χ0v) is 21.4. The number of amides is 2. The molecule has 1 aromatic heterocycles. The van der Waals surface area contributed by atoms with Crippen LogP contribution in [0.25, 0.3) is 11.8 Å². The molecular formula is C23H16Cl2IN3O2S. The molecular weight excluding hydrogens is 580 g/mol. The van der Waals surface area contributed by atoms with E-state index in [1.165, 1.54) is 4.90 Å². The molecule has 0 spiro atoms. The number of aryl methyl sites for hydroxylation is 1. The van der Waals surface area contributed by atoms with E-state index in [0.717, 1.165) is 26.2 Å². The molecule has 0 unspecified atom stereocenters. The lowest BCUT2D eigenvalue weighted by Gasteiger charge is -2.29. The highest BCUT2D eigenvalue weighted by molar-refractivity contribution is 14.1. The number of rotatable bonds is 3. The van der Waals surface area contributed by atoms with Gasteiger partial charge in [-0.05, 0) is 103 Å². The molecule has 0 radical (unpaired) electrons. The summed E-state index contributed by atoms with van der Waals surface area (Å²) in [5.41, 5.74) is 3.89. The number of benzene rings is 2. The van der Waals surface area contributed by atoms with Crippen molar-refractivity contribution < 1.29 is 9.59 Å². The van der Waals surface area contributed by atoms with E-state index >= 15 is 0 Å². The number of anilines is 1. The maximum Gasteiger partial charge on any atom is 0.270 e. The van der Waals surface area contributed by atoms with Crippen LogP contribution in [0.4, 0.5) is 5.69 Å². The summed E-state index contributed by atoms with van der Waals surface area (Å²) < 4.78 is 3.21. The van der Waals surface area contributed by atoms with Crippen molar-refractivity contribution in [1.82, 2.24) is 9.88 Å². The molecule has 9 heteroatoms. The molecule has 2 aromatic carbocycles. The van der Waals surface area contributed by atoms with Gasteiger partial charge >= 0.3 is 0 Å². The Morgan fingerprint density at radius 3 is 2.44 bits per heavy atom. The van der Waals surface area contributed by atoms with Crippen molar-refractivity contribution >= 4 is 86.7 Å². The van der Waals surface area contributed by atoms with Crippen LogP contribution in [0.15, 0.2) is 54.1 Å². The molecule has 0 saturated carbocycles. The van der Waals surface area contributed by atoms with Crippen LogP contribution in [-0.4, -0.2) is 21.5 Å². The molecule has 1 aliphatic heterocycles. The lowest BCUT2D eigenvalue weighted by Crippen LogP contribution is -2.54. The molecule has 0 atom stereocenters. The predicted octanol–water partition coefficient (Wildman–Crippen LogP) is 5.84. The number of carbonyl (C=O) groups excluding carboxylic acids is 2. The Morgan fingerprint density at radius 1 is 1.06 bits per heavy atom. The number of nitrogens with zero attached hydrogens (tertiary/aromatic N) is 2. The number of hydrogen-bond donors (Lipinski definition) is 1. The van der Waals surface area contributed by atoms with Gasteiger partial charge in [0.25, 0.3) is 11.8 Å². The summed E-state index contributed by atoms with van der Waals surface area (Å²) >= 11 is 19.9. The minimum atomic E-state index is -0.568. The lowest BCUT2D eigenvalue weighted by molar-refractivity contribution is -0.122. The Labute approximate surface area is 214 Å². The zero-order chi connectivity index (χ0) is 23.2. The first-order valence-corrected chi connectivity index (χ1v) is 11.7. The molecule has 1 aliphatic rings. The molecule has 4 rings (SSSR count). The first kappa shape index (κ1) is 23.0. The van der Waals surface area contributed by atoms with Crippen molar-refractivity contribution in [1.29, 1.82) is 0 Å². The van der Waals surface area contributed by atoms with E-state index in [9.17, 15) is 9.59 Å². The van der Waals surface area contributed by atoms with Gasteiger partial charge < -0.3 is 4.57 Å². The van der Waals surface area contributed by atoms with Gasteiger partial charge in [-0.1, -0.05) is 29.3 Å². The van der Waals surface area contributed by atoms with Crippen LogP contribution in [0, 0.1) is 17.4 Å². The third-order valence-electron chi connectivity index (χ3n) is 5.13. The fraction of sp³-hybridized carbons (Fsp3) is 0.0870. The van der Waals surface area contributed by atoms with E-state index in [4.69, 9.17) is 35.4 Å². The summed E-state index contributed by atoms with van der Waals surface area (Å²) in [6.07, 6.45) is 1.58. The largest absolute Gasteiger partial charge is 0.318 e. The van der Waals surface area contributed by atoms with Crippen molar-refractivity contribution in [2.45, 2.75) is 13.8 Å². The van der Waals surface area contributed by atoms with Crippen LogP contribution < -0.4 is 10.2 Å². The standard InChI is InChI=1S/C23H16Cl2IN3O2S/c1-12-10-14(13(2)28(12)16-8-6-15(26)7-9-16)11-17-21(30)27-23(32)29(22(17)31)19-5-3-4-18(24)20(19)25/h3-11H,1-2H3,(H,27,30,32)/b17-11+. The molecule has 2 amide bonds. The maximum atomic E-state index is 13.3. The quantitative estimate of drug-likeness (QED) is 0.179. The third-order valence-corrected chi connectivity index (χ3v) is 6.94. The number of thiocarbonyl (C=S) groups is 1. The van der Waals surface area contributed by atoms with Crippen molar-refractivity contribution in [3.05, 3.63) is 84.7 Å². The Kier molecular flexibility index (Phi) is 6.44. The number of aromatic nitrogens is 1. The predicted molar refractivity (Wildman–Crippen MR) is 141 cm³/mol. The van der Waals surface area contributed by atoms with Gasteiger partial charge in [-0.15, -0.1) is 0 Å². The summed E-state index contributed by atoms with van der Waals surface area (Å²) in [6, 6.07) is 14.9. The van der Waals surface area contributed by atoms with Gasteiger partial charge in [-0.3, -0.25) is 19.8 Å². The number of nitrogens with one attached hydrogen (secondary N) is 1. The Bertz CT molecular complexity index is 1320. The van der Waals surface area contributed by atoms with Crippen LogP contribution in [-0.2, 0) is 9.59 Å². The summed E-state index contributed by atoms with van der Waals surface area (Å²) in [5.74, 6) is -1.13. The topological polar surface area (TPSA) is 54.3 Å². The highest BCUT2D eigenvalue weighted by Gasteiger charge is 2.36. The number of carbonyl (C=O) groups is 2. The van der Waals surface area contributed by atoms with E-state index in [1.54, 1.807) is 24.3 Å². The monoisotopic (exact) mass is 595 g/mol. The average Bonchev–Trinajstić information content (AvgIpc) is 3.02. The second-order valence-corrected chi connectivity index (χ2v) is 9.59. The molecule has 3 aromatic rings. The summed E-state index contributed by atoms with van der Waals surface area (Å²) in [4.78, 5) is 27.2. The molecule has 1 fully saturated rings. The van der Waals surface area contributed by atoms with Gasteiger partial charge in [-0.2, -0.15) is 0 Å². The molecule has 0 aliphatic carbocycles. The van der Waals surface area contributed by atoms with Gasteiger partial charge in [0, 0.05) is 20.6 Å². The van der Waals surface area contributed by atoms with Gasteiger partial charge in [0.2, 0.25) is 0 Å². The summed E-state index contributed by atoms with van der Waals surface area (Å²) in [6.45, 7) is 3.92. The molecule has 32 heavy (non-hydrogen) atoms. The van der Waals surface area contributed by atoms with Gasteiger partial charge in [0.1, 0.15) is 5.57 Å². The zero-order valence-electron chi connectivity index (χ0n) is 16.9. The molecule has 1 N–H and O–H groups in total. The van der Waals surface area contributed by atoms with Crippen molar-refractivity contribution in [3.8, 4) is 5.69 Å². The smallest absolute Gasteiger partial charge is 0.270 e. The van der Waals surface area contributed by atoms with E-state index in [-0.39, 0.29) is 20.7 Å². The molecule has 0 bridgehead atoms. The second-order valence-electron chi connectivity index (χ2n) is 7.17. The first-order valence-electron chi connectivity index (χ1n) is 9.49. The Morgan fingerprint density at radius 2 is 1.75 bits per heavy atom. The fourth-order valence-corrected chi connectivity index (χ4v) is 4.63. The normalized spacial score (nSPS) is 15.5. The fourth-order valence-electron chi connectivity index (χ4n) is 3.62. The molecule has 2 heterocycles. The molecule has 1 saturated heterocycles. The molecule has 162 valence electrons. The number of halogens is 3. The lowest BCUT2D eigenvalue weighted by atomic mass is 10.1. The summed E-state index contributed by atoms with van der Waals surface area (Å²) in [5, 5.41) is 2.98. The van der Waals surface area contributed by atoms with Crippen molar-refractivity contribution in [2.75, 3.05) is 4.90 Å². The van der Waals surface area contributed by atoms with E-state index in [1.807, 2.05) is 44.2 Å². The number of hydrogen-bond acceptors (Lipinski definition) is 3. The first-order chi connectivity index (χ1) is 15.2. The SMILES string of the molecule is Cc1cc(/C=C2\C(=O)NC(=S)N(c3cccc(Cl)c3Cl)C2=O)c(C)n1-c1ccc(I)cc1. The van der Waals surface area contributed by atoms with Crippen LogP contribution >= 0.6 is 58.0 Å². The second kappa shape index (κ2) is 8.97. The van der Waals surface area contributed by atoms with Gasteiger partial charge in [-0.25, -0.2) is 0 Å². The van der Waals surface area contributed by atoms with Crippen LogP contribution in [0.1, 0.15) is 17.0 Å². The average molecular weight is 596 g/mol. The summed E-state index contributed by atoms with van der Waals surface area (Å²) in [7, 11) is 0. The van der Waals surface area contributed by atoms with Crippen molar-refractivity contribution in [3.63, 3.8) is 0 Å². The van der Waals surface area contributed by atoms with Crippen molar-refractivity contribution in [2.24, 2.45) is 0 Å². The highest BCUT2D eigenvalue weighted by atomic mass is 127. The van der Waals surface area contributed by atoms with Crippen LogP contribution in [0.3, 0.4) is 0 Å². The van der Waals surface area contributed by atoms with E-state index < -0.39 is 11.8 Å². The minimum Gasteiger partial charge on any atom is -0.318 e. The van der Waals surface area contributed by atoms with Gasteiger partial charge in [0.05, 0.1) is 15.7 Å². The van der Waals surface area contributed by atoms with Crippen LogP contribution in [0.2, 0.25) is 10.0 Å². The Balaban J connectivity index is 1.78. The maximum absolute atomic E-state index is 13.3. The van der Waals surface area contributed by atoms with Gasteiger partial charge in [0.15, 0.2) is 5.11 Å². The molecule has 5 nitrogen and oxygen atoms in total. The van der Waals surface area contributed by atoms with E-state index in [2.05, 4.69) is 32.5 Å². The third kappa shape index (κ3) is 4.10. The van der Waals surface area contributed by atoms with Crippen LogP contribution in [0.5, 0.6) is 0 Å².